The van der Waals surface area contributed by atoms with Gasteiger partial charge in [0.05, 0.1) is 12.2 Å². The molecule has 2 heterocycles. The smallest absolute Gasteiger partial charge is 0.381 e. The van der Waals surface area contributed by atoms with E-state index in [1.807, 2.05) is 4.90 Å². The van der Waals surface area contributed by atoms with Crippen molar-refractivity contribution in [1.82, 2.24) is 10.2 Å². The van der Waals surface area contributed by atoms with Crippen LogP contribution in [0.1, 0.15) is 12.0 Å². The summed E-state index contributed by atoms with van der Waals surface area (Å²) in [5, 5.41) is 3.39. The maximum absolute atomic E-state index is 12.9. The van der Waals surface area contributed by atoms with Crippen LogP contribution in [0, 0.1) is 5.92 Å². The largest absolute Gasteiger partial charge is 0.416 e. The average Bonchev–Trinajstić information content (AvgIpc) is 3.16. The van der Waals surface area contributed by atoms with Gasteiger partial charge in [-0.15, -0.1) is 0 Å². The molecule has 2 aliphatic rings. The van der Waals surface area contributed by atoms with Crippen LogP contribution in [0.3, 0.4) is 0 Å². The summed E-state index contributed by atoms with van der Waals surface area (Å²) in [6.07, 6.45) is -3.25. The lowest BCUT2D eigenvalue weighted by atomic mass is 10.1. The molecule has 5 nitrogen and oxygen atoms in total. The number of anilines is 1. The van der Waals surface area contributed by atoms with Crippen LogP contribution in [0.15, 0.2) is 29.3 Å². The Morgan fingerprint density at radius 3 is 2.65 bits per heavy atom. The number of halogens is 3. The number of rotatable bonds is 3. The zero-order valence-corrected chi connectivity index (χ0v) is 14.9. The molecule has 0 saturated carbocycles. The molecule has 0 amide bonds. The van der Waals surface area contributed by atoms with Gasteiger partial charge in [0, 0.05) is 58.0 Å². The van der Waals surface area contributed by atoms with Gasteiger partial charge in [-0.05, 0) is 24.6 Å². The summed E-state index contributed by atoms with van der Waals surface area (Å²) in [7, 11) is 1.76. The first-order valence-corrected chi connectivity index (χ1v) is 8.93. The Labute approximate surface area is 151 Å². The number of ether oxygens (including phenoxy) is 1. The van der Waals surface area contributed by atoms with E-state index in [2.05, 4.69) is 15.2 Å². The van der Waals surface area contributed by atoms with Gasteiger partial charge in [-0.25, -0.2) is 0 Å². The molecule has 0 spiro atoms. The lowest BCUT2D eigenvalue weighted by Gasteiger charge is -2.38. The topological polar surface area (TPSA) is 40.1 Å². The summed E-state index contributed by atoms with van der Waals surface area (Å²) in [5.74, 6) is 1.36. The molecule has 3 rings (SSSR count). The quantitative estimate of drug-likeness (QED) is 0.655. The van der Waals surface area contributed by atoms with E-state index in [9.17, 15) is 13.2 Å². The van der Waals surface area contributed by atoms with Gasteiger partial charge in [0.2, 0.25) is 0 Å². The van der Waals surface area contributed by atoms with Gasteiger partial charge >= 0.3 is 6.18 Å². The Morgan fingerprint density at radius 1 is 1.27 bits per heavy atom. The van der Waals surface area contributed by atoms with Crippen LogP contribution in [0.2, 0.25) is 0 Å². The summed E-state index contributed by atoms with van der Waals surface area (Å²) in [5.41, 5.74) is 0.0132. The number of piperazine rings is 1. The van der Waals surface area contributed by atoms with Crippen molar-refractivity contribution in [1.29, 1.82) is 0 Å². The van der Waals surface area contributed by atoms with Gasteiger partial charge in [-0.3, -0.25) is 4.99 Å². The summed E-state index contributed by atoms with van der Waals surface area (Å²) in [6, 6.07) is 5.54. The van der Waals surface area contributed by atoms with Gasteiger partial charge in [0.25, 0.3) is 0 Å². The normalized spacial score (nSPS) is 22.0. The molecule has 2 fully saturated rings. The molecule has 2 saturated heterocycles. The van der Waals surface area contributed by atoms with Gasteiger partial charge in [0.15, 0.2) is 5.96 Å². The minimum absolute atomic E-state index is 0.512. The van der Waals surface area contributed by atoms with Crippen LogP contribution in [-0.2, 0) is 10.9 Å². The SMILES string of the molecule is CN=C(NCC1CCOC1)N1CCN(c2cccc(C(F)(F)F)c2)CC1. The van der Waals surface area contributed by atoms with Crippen molar-refractivity contribution >= 4 is 11.6 Å². The molecule has 26 heavy (non-hydrogen) atoms. The zero-order chi connectivity index (χ0) is 18.6. The van der Waals surface area contributed by atoms with E-state index < -0.39 is 11.7 Å². The number of aliphatic imine (C=N–C) groups is 1. The molecule has 1 N–H and O–H groups in total. The van der Waals surface area contributed by atoms with E-state index in [0.29, 0.717) is 24.7 Å². The highest BCUT2D eigenvalue weighted by Crippen LogP contribution is 2.31. The van der Waals surface area contributed by atoms with E-state index in [-0.39, 0.29) is 0 Å². The van der Waals surface area contributed by atoms with Crippen molar-refractivity contribution in [3.63, 3.8) is 0 Å². The summed E-state index contributed by atoms with van der Waals surface area (Å²) in [4.78, 5) is 8.48. The first-order valence-electron chi connectivity index (χ1n) is 8.93. The summed E-state index contributed by atoms with van der Waals surface area (Å²) < 4.78 is 44.1. The standard InChI is InChI=1S/C18H25F3N4O/c1-22-17(23-12-14-5-10-26-13-14)25-8-6-24(7-9-25)16-4-2-3-15(11-16)18(19,20)21/h2-4,11,14H,5-10,12-13H2,1H3,(H,22,23). The van der Waals surface area contributed by atoms with Crippen molar-refractivity contribution in [2.24, 2.45) is 10.9 Å². The second-order valence-corrected chi connectivity index (χ2v) is 6.68. The van der Waals surface area contributed by atoms with Crippen LogP contribution in [-0.4, -0.2) is 63.8 Å². The molecule has 0 bridgehead atoms. The molecule has 1 unspecified atom stereocenters. The monoisotopic (exact) mass is 370 g/mol. The lowest BCUT2D eigenvalue weighted by Crippen LogP contribution is -2.53. The Morgan fingerprint density at radius 2 is 2.04 bits per heavy atom. The molecule has 0 aromatic heterocycles. The fraction of sp³-hybridized carbons (Fsp3) is 0.611. The number of guanidine groups is 1. The highest BCUT2D eigenvalue weighted by molar-refractivity contribution is 5.80. The molecular formula is C18H25F3N4O. The molecule has 1 atom stereocenters. The van der Waals surface area contributed by atoms with E-state index in [4.69, 9.17) is 4.74 Å². The lowest BCUT2D eigenvalue weighted by molar-refractivity contribution is -0.137. The van der Waals surface area contributed by atoms with Crippen LogP contribution in [0.4, 0.5) is 18.9 Å². The van der Waals surface area contributed by atoms with Gasteiger partial charge in [0.1, 0.15) is 0 Å². The van der Waals surface area contributed by atoms with Gasteiger partial charge < -0.3 is 19.9 Å². The predicted molar refractivity (Wildman–Crippen MR) is 95.5 cm³/mol. The fourth-order valence-corrected chi connectivity index (χ4v) is 3.37. The van der Waals surface area contributed by atoms with Crippen LogP contribution in [0.25, 0.3) is 0 Å². The summed E-state index contributed by atoms with van der Waals surface area (Å²) >= 11 is 0. The molecule has 0 radical (unpaired) electrons. The number of hydrogen-bond acceptors (Lipinski definition) is 3. The fourth-order valence-electron chi connectivity index (χ4n) is 3.37. The molecule has 1 aromatic rings. The maximum Gasteiger partial charge on any atom is 0.416 e. The van der Waals surface area contributed by atoms with Crippen LogP contribution >= 0.6 is 0 Å². The minimum Gasteiger partial charge on any atom is -0.381 e. The van der Waals surface area contributed by atoms with Crippen molar-refractivity contribution in [2.75, 3.05) is 57.9 Å². The molecule has 8 heteroatoms. The molecule has 1 aromatic carbocycles. The van der Waals surface area contributed by atoms with Crippen molar-refractivity contribution < 1.29 is 17.9 Å². The average molecular weight is 370 g/mol. The third kappa shape index (κ3) is 4.60. The highest BCUT2D eigenvalue weighted by atomic mass is 19.4. The Balaban J connectivity index is 1.54. The second-order valence-electron chi connectivity index (χ2n) is 6.68. The number of benzene rings is 1. The summed E-state index contributed by atoms with van der Waals surface area (Å²) in [6.45, 7) is 5.20. The molecule has 2 aliphatic heterocycles. The Hall–Kier alpha value is -1.96. The second kappa shape index (κ2) is 8.16. The third-order valence-corrected chi connectivity index (χ3v) is 4.90. The number of nitrogens with zero attached hydrogens (tertiary/aromatic N) is 3. The first kappa shape index (κ1) is 18.8. The number of alkyl halides is 3. The predicted octanol–water partition coefficient (Wildman–Crippen LogP) is 2.44. The number of nitrogens with one attached hydrogen (secondary N) is 1. The molecule has 144 valence electrons. The number of hydrogen-bond donors (Lipinski definition) is 1. The van der Waals surface area contributed by atoms with Crippen LogP contribution in [0.5, 0.6) is 0 Å². The molecular weight excluding hydrogens is 345 g/mol. The van der Waals surface area contributed by atoms with E-state index in [1.165, 1.54) is 12.1 Å². The van der Waals surface area contributed by atoms with Crippen molar-refractivity contribution in [3.05, 3.63) is 29.8 Å². The van der Waals surface area contributed by atoms with Crippen molar-refractivity contribution in [3.8, 4) is 0 Å². The minimum atomic E-state index is -4.31. The molecule has 0 aliphatic carbocycles. The van der Waals surface area contributed by atoms with Crippen LogP contribution < -0.4 is 10.2 Å². The third-order valence-electron chi connectivity index (χ3n) is 4.90. The van der Waals surface area contributed by atoms with Gasteiger partial charge in [-0.2, -0.15) is 13.2 Å². The highest BCUT2D eigenvalue weighted by Gasteiger charge is 2.31. The first-order chi connectivity index (χ1) is 12.5. The Bertz CT molecular complexity index is 621. The maximum atomic E-state index is 12.9. The van der Waals surface area contributed by atoms with E-state index in [0.717, 1.165) is 51.3 Å². The Kier molecular flexibility index (Phi) is 5.90. The van der Waals surface area contributed by atoms with Gasteiger partial charge in [-0.1, -0.05) is 6.07 Å². The van der Waals surface area contributed by atoms with E-state index in [1.54, 1.807) is 13.1 Å². The van der Waals surface area contributed by atoms with Crippen molar-refractivity contribution in [2.45, 2.75) is 12.6 Å². The zero-order valence-electron chi connectivity index (χ0n) is 14.9. The van der Waals surface area contributed by atoms with E-state index >= 15 is 0 Å².